The smallest absolute Gasteiger partial charge is 0.224 e. The number of hydrogen-bond acceptors (Lipinski definition) is 2. The van der Waals surface area contributed by atoms with Gasteiger partial charge in [0.25, 0.3) is 0 Å². The van der Waals surface area contributed by atoms with Crippen LogP contribution < -0.4 is 5.73 Å². The minimum atomic E-state index is -0.362. The Morgan fingerprint density at radius 2 is 2.33 bits per heavy atom. The average Bonchev–Trinajstić information content (AvgIpc) is 2.04. The van der Waals surface area contributed by atoms with E-state index >= 15 is 0 Å². The molecule has 1 atom stereocenters. The van der Waals surface area contributed by atoms with Gasteiger partial charge in [0.1, 0.15) is 5.15 Å². The fourth-order valence-corrected chi connectivity index (χ4v) is 0.919. The maximum Gasteiger partial charge on any atom is 0.224 e. The van der Waals surface area contributed by atoms with Gasteiger partial charge in [0.2, 0.25) is 5.91 Å². The topological polar surface area (TPSA) is 56.0 Å². The zero-order valence-corrected chi connectivity index (χ0v) is 7.38. The number of pyridine rings is 1. The zero-order valence-electron chi connectivity index (χ0n) is 6.62. The summed E-state index contributed by atoms with van der Waals surface area (Å²) >= 11 is 5.57. The molecular formula is C8H9ClN2O. The van der Waals surface area contributed by atoms with E-state index in [1.165, 1.54) is 0 Å². The highest BCUT2D eigenvalue weighted by molar-refractivity contribution is 6.29. The lowest BCUT2D eigenvalue weighted by atomic mass is 10.0. The van der Waals surface area contributed by atoms with Crippen LogP contribution in [0.4, 0.5) is 0 Å². The van der Waals surface area contributed by atoms with Crippen molar-refractivity contribution >= 4 is 17.5 Å². The van der Waals surface area contributed by atoms with Crippen LogP contribution in [-0.2, 0) is 4.79 Å². The largest absolute Gasteiger partial charge is 0.369 e. The predicted octanol–water partition coefficient (Wildman–Crippen LogP) is 1.32. The summed E-state index contributed by atoms with van der Waals surface area (Å²) in [6, 6.07) is 3.38. The fraction of sp³-hybridized carbons (Fsp3) is 0.250. The van der Waals surface area contributed by atoms with E-state index in [2.05, 4.69) is 4.98 Å². The lowest BCUT2D eigenvalue weighted by Gasteiger charge is -2.05. The van der Waals surface area contributed by atoms with Crippen LogP contribution >= 0.6 is 11.6 Å². The van der Waals surface area contributed by atoms with Gasteiger partial charge in [-0.3, -0.25) is 4.79 Å². The summed E-state index contributed by atoms with van der Waals surface area (Å²) in [5, 5.41) is 0.412. The number of carbonyl (C=O) groups excluding carboxylic acids is 1. The van der Waals surface area contributed by atoms with Crippen molar-refractivity contribution in [2.45, 2.75) is 12.8 Å². The summed E-state index contributed by atoms with van der Waals surface area (Å²) in [4.78, 5) is 14.6. The number of halogens is 1. The molecule has 1 unspecified atom stereocenters. The van der Waals surface area contributed by atoms with Crippen LogP contribution in [0.3, 0.4) is 0 Å². The fourth-order valence-electron chi connectivity index (χ4n) is 0.808. The first-order valence-corrected chi connectivity index (χ1v) is 3.90. The van der Waals surface area contributed by atoms with Gasteiger partial charge >= 0.3 is 0 Å². The molecule has 1 rings (SSSR count). The zero-order chi connectivity index (χ0) is 9.14. The van der Waals surface area contributed by atoms with Gasteiger partial charge in [0.05, 0.1) is 5.92 Å². The van der Waals surface area contributed by atoms with Gasteiger partial charge in [-0.2, -0.15) is 0 Å². The molecule has 3 nitrogen and oxygen atoms in total. The first kappa shape index (κ1) is 9.00. The lowest BCUT2D eigenvalue weighted by molar-refractivity contribution is -0.119. The molecule has 1 amide bonds. The highest BCUT2D eigenvalue weighted by Crippen LogP contribution is 2.14. The Hall–Kier alpha value is -1.09. The van der Waals surface area contributed by atoms with Crippen molar-refractivity contribution in [1.29, 1.82) is 0 Å². The summed E-state index contributed by atoms with van der Waals surface area (Å²) in [6.45, 7) is 1.73. The van der Waals surface area contributed by atoms with E-state index in [0.29, 0.717) is 5.15 Å². The second-order valence-electron chi connectivity index (χ2n) is 2.54. The Bertz CT molecular complexity index is 284. The standard InChI is InChI=1S/C8H9ClN2O/c1-5(8(10)12)6-2-3-7(9)11-4-6/h2-5H,1H3,(H2,10,12). The van der Waals surface area contributed by atoms with Crippen LogP contribution in [-0.4, -0.2) is 10.9 Å². The molecule has 0 aliphatic heterocycles. The molecule has 0 aliphatic carbocycles. The quantitative estimate of drug-likeness (QED) is 0.705. The SMILES string of the molecule is CC(C(N)=O)c1ccc(Cl)nc1. The summed E-state index contributed by atoms with van der Waals surface area (Å²) in [7, 11) is 0. The molecule has 0 aromatic carbocycles. The van der Waals surface area contributed by atoms with E-state index in [-0.39, 0.29) is 11.8 Å². The molecule has 12 heavy (non-hydrogen) atoms. The maximum atomic E-state index is 10.7. The summed E-state index contributed by atoms with van der Waals surface area (Å²) in [6.07, 6.45) is 1.55. The highest BCUT2D eigenvalue weighted by Gasteiger charge is 2.10. The molecule has 0 saturated heterocycles. The number of nitrogens with two attached hydrogens (primary N) is 1. The van der Waals surface area contributed by atoms with Crippen LogP contribution in [0, 0.1) is 0 Å². The van der Waals surface area contributed by atoms with Gasteiger partial charge in [0, 0.05) is 6.20 Å². The molecule has 0 bridgehead atoms. The minimum Gasteiger partial charge on any atom is -0.369 e. The molecule has 0 radical (unpaired) electrons. The number of primary amides is 1. The minimum absolute atomic E-state index is 0.310. The number of aromatic nitrogens is 1. The number of carbonyl (C=O) groups is 1. The molecule has 4 heteroatoms. The Morgan fingerprint density at radius 1 is 1.67 bits per heavy atom. The number of hydrogen-bond donors (Lipinski definition) is 1. The van der Waals surface area contributed by atoms with E-state index in [0.717, 1.165) is 5.56 Å². The van der Waals surface area contributed by atoms with Gasteiger partial charge in [-0.1, -0.05) is 17.7 Å². The van der Waals surface area contributed by atoms with Crippen molar-refractivity contribution in [2.75, 3.05) is 0 Å². The Balaban J connectivity index is 2.89. The Labute approximate surface area is 75.6 Å². The third-order valence-electron chi connectivity index (χ3n) is 1.68. The molecule has 2 N–H and O–H groups in total. The van der Waals surface area contributed by atoms with Gasteiger partial charge in [-0.25, -0.2) is 4.98 Å². The number of amides is 1. The van der Waals surface area contributed by atoms with Crippen LogP contribution in [0.25, 0.3) is 0 Å². The Kier molecular flexibility index (Phi) is 2.65. The van der Waals surface area contributed by atoms with E-state index in [1.54, 1.807) is 25.3 Å². The van der Waals surface area contributed by atoms with Crippen molar-refractivity contribution in [1.82, 2.24) is 4.98 Å². The third kappa shape index (κ3) is 1.95. The van der Waals surface area contributed by atoms with E-state index in [4.69, 9.17) is 17.3 Å². The Morgan fingerprint density at radius 3 is 2.75 bits per heavy atom. The number of rotatable bonds is 2. The molecule has 1 aromatic heterocycles. The molecular weight excluding hydrogens is 176 g/mol. The molecule has 0 aliphatic rings. The maximum absolute atomic E-state index is 10.7. The molecule has 0 spiro atoms. The van der Waals surface area contributed by atoms with E-state index in [1.807, 2.05) is 0 Å². The molecule has 64 valence electrons. The first-order chi connectivity index (χ1) is 5.61. The van der Waals surface area contributed by atoms with Crippen molar-refractivity contribution in [3.05, 3.63) is 29.0 Å². The lowest BCUT2D eigenvalue weighted by Crippen LogP contribution is -2.18. The highest BCUT2D eigenvalue weighted by atomic mass is 35.5. The summed E-state index contributed by atoms with van der Waals surface area (Å²) in [5.74, 6) is -0.672. The van der Waals surface area contributed by atoms with Crippen molar-refractivity contribution in [3.8, 4) is 0 Å². The van der Waals surface area contributed by atoms with Crippen LogP contribution in [0.2, 0.25) is 5.15 Å². The third-order valence-corrected chi connectivity index (χ3v) is 1.90. The van der Waals surface area contributed by atoms with Crippen LogP contribution in [0.15, 0.2) is 18.3 Å². The van der Waals surface area contributed by atoms with Gasteiger partial charge in [-0.15, -0.1) is 0 Å². The number of nitrogens with zero attached hydrogens (tertiary/aromatic N) is 1. The average molecular weight is 185 g/mol. The summed E-state index contributed by atoms with van der Waals surface area (Å²) in [5.41, 5.74) is 5.89. The molecule has 0 saturated carbocycles. The van der Waals surface area contributed by atoms with Crippen LogP contribution in [0.1, 0.15) is 18.4 Å². The molecule has 0 fully saturated rings. The van der Waals surface area contributed by atoms with Gasteiger partial charge in [-0.05, 0) is 18.6 Å². The van der Waals surface area contributed by atoms with Crippen molar-refractivity contribution < 1.29 is 4.79 Å². The van der Waals surface area contributed by atoms with Crippen molar-refractivity contribution in [3.63, 3.8) is 0 Å². The molecule has 1 heterocycles. The van der Waals surface area contributed by atoms with Crippen LogP contribution in [0.5, 0.6) is 0 Å². The van der Waals surface area contributed by atoms with Crippen molar-refractivity contribution in [2.24, 2.45) is 5.73 Å². The predicted molar refractivity (Wildman–Crippen MR) is 46.9 cm³/mol. The van der Waals surface area contributed by atoms with Gasteiger partial charge in [0.15, 0.2) is 0 Å². The molecule has 1 aromatic rings. The normalized spacial score (nSPS) is 12.5. The van der Waals surface area contributed by atoms with E-state index in [9.17, 15) is 4.79 Å². The van der Waals surface area contributed by atoms with E-state index < -0.39 is 0 Å². The first-order valence-electron chi connectivity index (χ1n) is 3.52. The van der Waals surface area contributed by atoms with Gasteiger partial charge < -0.3 is 5.73 Å². The summed E-state index contributed by atoms with van der Waals surface area (Å²) < 4.78 is 0. The second-order valence-corrected chi connectivity index (χ2v) is 2.93. The monoisotopic (exact) mass is 184 g/mol. The second kappa shape index (κ2) is 3.54.